The lowest BCUT2D eigenvalue weighted by Gasteiger charge is -2.25. The van der Waals surface area contributed by atoms with Gasteiger partial charge >= 0.3 is 0 Å². The molecule has 1 fully saturated rings. The molecule has 0 bridgehead atoms. The number of halogens is 1. The number of aromatic nitrogens is 2. The summed E-state index contributed by atoms with van der Waals surface area (Å²) >= 11 is 5.72. The van der Waals surface area contributed by atoms with Gasteiger partial charge in [-0.25, -0.2) is 4.98 Å². The summed E-state index contributed by atoms with van der Waals surface area (Å²) in [6, 6.07) is 0. The molecule has 0 spiro atoms. The number of imidazole rings is 1. The number of hydrogen-bond acceptors (Lipinski definition) is 1. The molecule has 0 aromatic carbocycles. The SMILES string of the molecule is CC1(n2cnc(CCl)c2)CCCC1. The second-order valence-corrected chi connectivity index (χ2v) is 4.38. The maximum absolute atomic E-state index is 5.72. The van der Waals surface area contributed by atoms with E-state index in [1.165, 1.54) is 25.7 Å². The third kappa shape index (κ3) is 1.60. The standard InChI is InChI=1S/C10H15ClN2/c1-10(4-2-3-5-10)13-7-9(6-11)12-8-13/h7-8H,2-6H2,1H3. The zero-order valence-electron chi connectivity index (χ0n) is 7.96. The highest BCUT2D eigenvalue weighted by Crippen LogP contribution is 2.35. The summed E-state index contributed by atoms with van der Waals surface area (Å²) < 4.78 is 2.23. The van der Waals surface area contributed by atoms with Crippen LogP contribution in [0.2, 0.25) is 0 Å². The number of nitrogens with zero attached hydrogens (tertiary/aromatic N) is 2. The summed E-state index contributed by atoms with van der Waals surface area (Å²) in [7, 11) is 0. The van der Waals surface area contributed by atoms with Gasteiger partial charge in [0.2, 0.25) is 0 Å². The van der Waals surface area contributed by atoms with E-state index in [1.54, 1.807) is 0 Å². The third-order valence-corrected chi connectivity index (χ3v) is 3.35. The quantitative estimate of drug-likeness (QED) is 0.669. The van der Waals surface area contributed by atoms with Crippen LogP contribution in [0.1, 0.15) is 38.3 Å². The highest BCUT2D eigenvalue weighted by Gasteiger charge is 2.30. The monoisotopic (exact) mass is 198 g/mol. The molecule has 0 radical (unpaired) electrons. The van der Waals surface area contributed by atoms with Gasteiger partial charge in [-0.3, -0.25) is 0 Å². The van der Waals surface area contributed by atoms with Crippen molar-refractivity contribution in [2.24, 2.45) is 0 Å². The van der Waals surface area contributed by atoms with Gasteiger partial charge in [0.05, 0.1) is 17.9 Å². The fraction of sp³-hybridized carbons (Fsp3) is 0.700. The number of hydrogen-bond donors (Lipinski definition) is 0. The smallest absolute Gasteiger partial charge is 0.0955 e. The molecule has 1 aliphatic rings. The van der Waals surface area contributed by atoms with Crippen molar-refractivity contribution in [3.63, 3.8) is 0 Å². The Morgan fingerprint density at radius 3 is 2.77 bits per heavy atom. The minimum atomic E-state index is 0.303. The molecule has 2 rings (SSSR count). The fourth-order valence-electron chi connectivity index (χ4n) is 2.12. The van der Waals surface area contributed by atoms with Gasteiger partial charge in [0.1, 0.15) is 0 Å². The summed E-state index contributed by atoms with van der Waals surface area (Å²) in [4.78, 5) is 4.26. The first-order valence-electron chi connectivity index (χ1n) is 4.84. The molecule has 13 heavy (non-hydrogen) atoms. The largest absolute Gasteiger partial charge is 0.331 e. The van der Waals surface area contributed by atoms with E-state index in [0.29, 0.717) is 11.4 Å². The molecule has 0 aliphatic heterocycles. The van der Waals surface area contributed by atoms with E-state index in [1.807, 2.05) is 6.33 Å². The second-order valence-electron chi connectivity index (χ2n) is 4.11. The van der Waals surface area contributed by atoms with Crippen LogP contribution < -0.4 is 0 Å². The predicted octanol–water partition coefficient (Wildman–Crippen LogP) is 2.91. The van der Waals surface area contributed by atoms with Crippen molar-refractivity contribution in [3.8, 4) is 0 Å². The summed E-state index contributed by atoms with van der Waals surface area (Å²) in [5.41, 5.74) is 1.28. The van der Waals surface area contributed by atoms with Gasteiger partial charge in [0, 0.05) is 11.7 Å². The van der Waals surface area contributed by atoms with Crippen LogP contribution in [-0.4, -0.2) is 9.55 Å². The van der Waals surface area contributed by atoms with E-state index >= 15 is 0 Å². The number of alkyl halides is 1. The van der Waals surface area contributed by atoms with Gasteiger partial charge in [0.25, 0.3) is 0 Å². The topological polar surface area (TPSA) is 17.8 Å². The molecular weight excluding hydrogens is 184 g/mol. The van der Waals surface area contributed by atoms with Crippen LogP contribution in [0.5, 0.6) is 0 Å². The van der Waals surface area contributed by atoms with Gasteiger partial charge in [0.15, 0.2) is 0 Å². The average molecular weight is 199 g/mol. The maximum Gasteiger partial charge on any atom is 0.0955 e. The van der Waals surface area contributed by atoms with Crippen LogP contribution in [0.25, 0.3) is 0 Å². The van der Waals surface area contributed by atoms with Crippen LogP contribution >= 0.6 is 11.6 Å². The zero-order chi connectivity index (χ0) is 9.31. The Morgan fingerprint density at radius 2 is 2.23 bits per heavy atom. The molecule has 1 aromatic heterocycles. The lowest BCUT2D eigenvalue weighted by Crippen LogP contribution is -2.24. The lowest BCUT2D eigenvalue weighted by atomic mass is 10.0. The summed E-state index contributed by atoms with van der Waals surface area (Å²) in [6.45, 7) is 2.31. The Morgan fingerprint density at radius 1 is 1.54 bits per heavy atom. The van der Waals surface area contributed by atoms with Crippen molar-refractivity contribution in [2.75, 3.05) is 0 Å². The van der Waals surface area contributed by atoms with E-state index in [2.05, 4.69) is 22.7 Å². The van der Waals surface area contributed by atoms with Crippen molar-refractivity contribution < 1.29 is 0 Å². The molecule has 0 saturated heterocycles. The van der Waals surface area contributed by atoms with E-state index in [-0.39, 0.29) is 0 Å². The average Bonchev–Trinajstić information content (AvgIpc) is 2.72. The Bertz CT molecular complexity index is 287. The first-order chi connectivity index (χ1) is 6.24. The van der Waals surface area contributed by atoms with Crippen molar-refractivity contribution >= 4 is 11.6 Å². The van der Waals surface area contributed by atoms with Crippen molar-refractivity contribution in [1.82, 2.24) is 9.55 Å². The van der Waals surface area contributed by atoms with Crippen molar-refractivity contribution in [2.45, 2.75) is 44.0 Å². The van der Waals surface area contributed by atoms with Gasteiger partial charge in [-0.15, -0.1) is 11.6 Å². The molecule has 0 atom stereocenters. The molecule has 1 saturated carbocycles. The van der Waals surface area contributed by atoms with Crippen LogP contribution in [0.15, 0.2) is 12.5 Å². The highest BCUT2D eigenvalue weighted by atomic mass is 35.5. The van der Waals surface area contributed by atoms with Crippen LogP contribution in [-0.2, 0) is 11.4 Å². The first-order valence-corrected chi connectivity index (χ1v) is 5.37. The maximum atomic E-state index is 5.72. The Hall–Kier alpha value is -0.500. The molecule has 1 aliphatic carbocycles. The van der Waals surface area contributed by atoms with E-state index < -0.39 is 0 Å². The van der Waals surface area contributed by atoms with Crippen LogP contribution in [0.3, 0.4) is 0 Å². The lowest BCUT2D eigenvalue weighted by molar-refractivity contribution is 0.328. The highest BCUT2D eigenvalue weighted by molar-refractivity contribution is 6.16. The van der Waals surface area contributed by atoms with Crippen molar-refractivity contribution in [3.05, 3.63) is 18.2 Å². The van der Waals surface area contributed by atoms with E-state index in [4.69, 9.17) is 11.6 Å². The van der Waals surface area contributed by atoms with Gasteiger partial charge < -0.3 is 4.57 Å². The second kappa shape index (κ2) is 3.33. The Kier molecular flexibility index (Phi) is 2.33. The normalized spacial score (nSPS) is 20.8. The molecule has 0 N–H and O–H groups in total. The minimum absolute atomic E-state index is 0.303. The molecule has 1 aromatic rings. The Labute approximate surface area is 83.9 Å². The van der Waals surface area contributed by atoms with E-state index in [9.17, 15) is 0 Å². The van der Waals surface area contributed by atoms with Gasteiger partial charge in [-0.05, 0) is 19.8 Å². The zero-order valence-corrected chi connectivity index (χ0v) is 8.72. The number of rotatable bonds is 2. The van der Waals surface area contributed by atoms with Crippen LogP contribution in [0, 0.1) is 0 Å². The third-order valence-electron chi connectivity index (χ3n) is 3.08. The fourth-order valence-corrected chi connectivity index (χ4v) is 2.26. The summed E-state index contributed by atoms with van der Waals surface area (Å²) in [6.07, 6.45) is 9.22. The van der Waals surface area contributed by atoms with Crippen molar-refractivity contribution in [1.29, 1.82) is 0 Å². The molecule has 0 unspecified atom stereocenters. The Balaban J connectivity index is 2.23. The van der Waals surface area contributed by atoms with Gasteiger partial charge in [-0.1, -0.05) is 12.8 Å². The molecule has 2 nitrogen and oxygen atoms in total. The molecule has 3 heteroatoms. The van der Waals surface area contributed by atoms with Gasteiger partial charge in [-0.2, -0.15) is 0 Å². The summed E-state index contributed by atoms with van der Waals surface area (Å²) in [5.74, 6) is 0.517. The molecule has 72 valence electrons. The summed E-state index contributed by atoms with van der Waals surface area (Å²) in [5, 5.41) is 0. The minimum Gasteiger partial charge on any atom is -0.331 e. The van der Waals surface area contributed by atoms with E-state index in [0.717, 1.165) is 5.69 Å². The first kappa shape index (κ1) is 9.07. The molecule has 1 heterocycles. The van der Waals surface area contributed by atoms with Crippen LogP contribution in [0.4, 0.5) is 0 Å². The molecular formula is C10H15ClN2. The predicted molar refractivity (Wildman–Crippen MR) is 53.9 cm³/mol. The molecule has 0 amide bonds.